The third kappa shape index (κ3) is 5.02. The number of aromatic nitrogens is 2. The molecule has 0 saturated carbocycles. The number of amides is 2. The van der Waals surface area contributed by atoms with Crippen LogP contribution in [0.25, 0.3) is 0 Å². The summed E-state index contributed by atoms with van der Waals surface area (Å²) in [5, 5.41) is 6.01. The summed E-state index contributed by atoms with van der Waals surface area (Å²) in [5.41, 5.74) is 1.95. The van der Waals surface area contributed by atoms with E-state index in [0.29, 0.717) is 29.2 Å². The molecule has 3 heterocycles. The second-order valence-corrected chi connectivity index (χ2v) is 8.11. The number of carbonyl (C=O) groups excluding carboxylic acids is 2. The fourth-order valence-electron chi connectivity index (χ4n) is 3.62. The Labute approximate surface area is 200 Å². The molecule has 0 bridgehead atoms. The van der Waals surface area contributed by atoms with E-state index < -0.39 is 5.91 Å². The van der Waals surface area contributed by atoms with E-state index in [2.05, 4.69) is 20.6 Å². The maximum absolute atomic E-state index is 13.2. The van der Waals surface area contributed by atoms with E-state index in [1.54, 1.807) is 18.3 Å². The van der Waals surface area contributed by atoms with Crippen LogP contribution < -0.4 is 20.1 Å². The van der Waals surface area contributed by atoms with Gasteiger partial charge >= 0.3 is 0 Å². The van der Waals surface area contributed by atoms with Gasteiger partial charge in [0.15, 0.2) is 11.5 Å². The summed E-state index contributed by atoms with van der Waals surface area (Å²) >= 11 is 12.3. The number of hydrogen-bond donors (Lipinski definition) is 2. The molecule has 0 spiro atoms. The lowest BCUT2D eigenvalue weighted by Crippen LogP contribution is -2.26. The van der Waals surface area contributed by atoms with E-state index in [9.17, 15) is 9.59 Å². The number of nitrogens with one attached hydrogen (secondary N) is 2. The van der Waals surface area contributed by atoms with Crippen molar-refractivity contribution in [3.63, 3.8) is 0 Å². The fourth-order valence-corrected chi connectivity index (χ4v) is 4.08. The summed E-state index contributed by atoms with van der Waals surface area (Å²) in [4.78, 5) is 33.9. The quantitative estimate of drug-likeness (QED) is 0.517. The number of hydrogen-bond acceptors (Lipinski definition) is 6. The van der Waals surface area contributed by atoms with E-state index in [1.807, 2.05) is 18.2 Å². The Balaban J connectivity index is 1.56. The summed E-state index contributed by atoms with van der Waals surface area (Å²) in [6.45, 7) is 0.550. The Bertz CT molecular complexity index is 1170. The molecule has 0 radical (unpaired) electrons. The highest BCUT2D eigenvalue weighted by atomic mass is 35.5. The topological polar surface area (TPSA) is 102 Å². The molecular formula is C23H20Cl2N4O4. The lowest BCUT2D eigenvalue weighted by molar-refractivity contribution is -0.121. The highest BCUT2D eigenvalue weighted by Crippen LogP contribution is 2.45. The van der Waals surface area contributed by atoms with Gasteiger partial charge < -0.3 is 20.1 Å². The minimum atomic E-state index is -0.437. The second-order valence-electron chi connectivity index (χ2n) is 7.30. The molecule has 10 heteroatoms. The summed E-state index contributed by atoms with van der Waals surface area (Å²) in [6, 6.07) is 8.77. The Morgan fingerprint density at radius 3 is 2.67 bits per heavy atom. The van der Waals surface area contributed by atoms with E-state index in [4.69, 9.17) is 32.7 Å². The molecule has 2 amide bonds. The van der Waals surface area contributed by atoms with Gasteiger partial charge in [-0.05, 0) is 24.3 Å². The lowest BCUT2D eigenvalue weighted by Gasteiger charge is -2.15. The number of benzene rings is 1. The average molecular weight is 487 g/mol. The number of pyridine rings is 2. The molecule has 1 aliphatic rings. The average Bonchev–Trinajstić information content (AvgIpc) is 3.24. The number of nitrogens with zero attached hydrogens (tertiary/aromatic N) is 2. The van der Waals surface area contributed by atoms with Gasteiger partial charge in [0.05, 0.1) is 41.7 Å². The predicted molar refractivity (Wildman–Crippen MR) is 124 cm³/mol. The van der Waals surface area contributed by atoms with Crippen LogP contribution >= 0.6 is 23.2 Å². The van der Waals surface area contributed by atoms with Crippen molar-refractivity contribution in [1.82, 2.24) is 15.3 Å². The fraction of sp³-hybridized carbons (Fsp3) is 0.217. The number of fused-ring (bicyclic) bond motifs is 1. The van der Waals surface area contributed by atoms with E-state index in [-0.39, 0.29) is 40.6 Å². The second kappa shape index (κ2) is 10.1. The van der Waals surface area contributed by atoms with E-state index in [0.717, 1.165) is 5.69 Å². The number of methoxy groups -OCH3 is 1. The molecule has 4 rings (SSSR count). The molecule has 8 nitrogen and oxygen atoms in total. The van der Waals surface area contributed by atoms with Gasteiger partial charge in [0.2, 0.25) is 5.91 Å². The number of ether oxygens (including phenoxy) is 2. The summed E-state index contributed by atoms with van der Waals surface area (Å²) in [7, 11) is 1.52. The molecule has 1 aromatic carbocycles. The van der Waals surface area contributed by atoms with Gasteiger partial charge in [0, 0.05) is 42.1 Å². The third-order valence-electron chi connectivity index (χ3n) is 5.18. The van der Waals surface area contributed by atoms with E-state index in [1.165, 1.54) is 19.5 Å². The minimum Gasteiger partial charge on any atom is -0.493 e. The molecule has 0 saturated heterocycles. The van der Waals surface area contributed by atoms with Gasteiger partial charge in [-0.25, -0.2) is 0 Å². The Morgan fingerprint density at radius 2 is 1.97 bits per heavy atom. The van der Waals surface area contributed by atoms with Crippen molar-refractivity contribution in [2.45, 2.75) is 18.9 Å². The Hall–Kier alpha value is -3.36. The molecule has 1 aliphatic heterocycles. The maximum atomic E-state index is 13.2. The monoisotopic (exact) mass is 486 g/mol. The molecule has 3 aromatic rings. The standard InChI is InChI=1S/C23H20Cl2N4O4/c1-32-18-6-5-15(23(31)29-21-16(24)10-26-11-17(21)25)20-13(12-33-22(18)20)8-19(30)28-9-14-4-2-3-7-27-14/h2-7,10-11,13H,8-9,12H2,1H3,(H,28,30)(H,26,29,31). The van der Waals surface area contributed by atoms with Gasteiger partial charge in [0.25, 0.3) is 5.91 Å². The molecule has 1 atom stereocenters. The molecule has 170 valence electrons. The van der Waals surface area contributed by atoms with Crippen LogP contribution in [0.2, 0.25) is 10.0 Å². The lowest BCUT2D eigenvalue weighted by atomic mass is 9.92. The highest BCUT2D eigenvalue weighted by Gasteiger charge is 2.34. The van der Waals surface area contributed by atoms with Crippen LogP contribution in [0.4, 0.5) is 5.69 Å². The molecule has 0 fully saturated rings. The van der Waals surface area contributed by atoms with Gasteiger partial charge in [0.1, 0.15) is 0 Å². The molecule has 1 unspecified atom stereocenters. The van der Waals surface area contributed by atoms with Gasteiger partial charge in [-0.3, -0.25) is 19.6 Å². The van der Waals surface area contributed by atoms with Crippen molar-refractivity contribution in [1.29, 1.82) is 0 Å². The first-order chi connectivity index (χ1) is 16.0. The summed E-state index contributed by atoms with van der Waals surface area (Å²) < 4.78 is 11.2. The third-order valence-corrected chi connectivity index (χ3v) is 5.75. The predicted octanol–water partition coefficient (Wildman–Crippen LogP) is 4.23. The first-order valence-corrected chi connectivity index (χ1v) is 10.8. The first kappa shape index (κ1) is 22.8. The normalized spacial score (nSPS) is 14.2. The van der Waals surface area contributed by atoms with E-state index >= 15 is 0 Å². The van der Waals surface area contributed by atoms with Crippen molar-refractivity contribution in [3.05, 3.63) is 75.8 Å². The van der Waals surface area contributed by atoms with Crippen LogP contribution in [0.15, 0.2) is 48.9 Å². The van der Waals surface area contributed by atoms with Gasteiger partial charge in [-0.15, -0.1) is 0 Å². The van der Waals surface area contributed by atoms with Gasteiger partial charge in [-0.2, -0.15) is 0 Å². The zero-order chi connectivity index (χ0) is 23.4. The highest BCUT2D eigenvalue weighted by molar-refractivity contribution is 6.39. The van der Waals surface area contributed by atoms with Crippen LogP contribution in [-0.2, 0) is 11.3 Å². The largest absolute Gasteiger partial charge is 0.493 e. The Kier molecular flexibility index (Phi) is 6.96. The Morgan fingerprint density at radius 1 is 1.18 bits per heavy atom. The van der Waals surface area contributed by atoms with Crippen LogP contribution in [0.3, 0.4) is 0 Å². The first-order valence-electron chi connectivity index (χ1n) is 10.1. The number of rotatable bonds is 7. The van der Waals surface area contributed by atoms with Crippen molar-refractivity contribution in [2.75, 3.05) is 19.0 Å². The number of halogens is 2. The number of anilines is 1. The zero-order valence-corrected chi connectivity index (χ0v) is 19.1. The van der Waals surface area contributed by atoms with Crippen molar-refractivity contribution in [2.24, 2.45) is 0 Å². The zero-order valence-electron chi connectivity index (χ0n) is 17.6. The van der Waals surface area contributed by atoms with Crippen molar-refractivity contribution >= 4 is 40.7 Å². The van der Waals surface area contributed by atoms with Crippen LogP contribution in [0.5, 0.6) is 11.5 Å². The summed E-state index contributed by atoms with van der Waals surface area (Å²) in [6.07, 6.45) is 4.57. The van der Waals surface area contributed by atoms with Gasteiger partial charge in [-0.1, -0.05) is 29.3 Å². The maximum Gasteiger partial charge on any atom is 0.256 e. The SMILES string of the molecule is COc1ccc(C(=O)Nc2c(Cl)cncc2Cl)c2c1OCC2CC(=O)NCc1ccccn1. The minimum absolute atomic E-state index is 0.129. The van der Waals surface area contributed by atoms with Crippen LogP contribution in [0, 0.1) is 0 Å². The molecule has 2 aromatic heterocycles. The molecular weight excluding hydrogens is 467 g/mol. The molecule has 33 heavy (non-hydrogen) atoms. The van der Waals surface area contributed by atoms with Crippen molar-refractivity contribution < 1.29 is 19.1 Å². The summed E-state index contributed by atoms with van der Waals surface area (Å²) in [5.74, 6) is -0.0368. The smallest absolute Gasteiger partial charge is 0.256 e. The van der Waals surface area contributed by atoms with Crippen LogP contribution in [-0.4, -0.2) is 35.5 Å². The molecule has 2 N–H and O–H groups in total. The van der Waals surface area contributed by atoms with Crippen molar-refractivity contribution in [3.8, 4) is 11.5 Å². The molecule has 0 aliphatic carbocycles. The number of carbonyl (C=O) groups is 2. The van der Waals surface area contributed by atoms with Crippen LogP contribution in [0.1, 0.15) is 34.0 Å².